The van der Waals surface area contributed by atoms with Crippen molar-refractivity contribution in [1.82, 2.24) is 4.90 Å². The predicted octanol–water partition coefficient (Wildman–Crippen LogP) is 3.86. The first kappa shape index (κ1) is 15.5. The standard InChI is InChI=1S/C14H19BrClNO/c1-17(9-4-2-3-8-16)14(18)11-12-6-5-7-13(15)10-12/h5-7,10H,2-4,8-9,11H2,1H3. The minimum atomic E-state index is 0.166. The summed E-state index contributed by atoms with van der Waals surface area (Å²) in [6.07, 6.45) is 3.59. The summed E-state index contributed by atoms with van der Waals surface area (Å²) in [5.74, 6) is 0.870. The van der Waals surface area contributed by atoms with Gasteiger partial charge in [-0.3, -0.25) is 4.79 Å². The Balaban J connectivity index is 2.35. The van der Waals surface area contributed by atoms with Gasteiger partial charge < -0.3 is 4.90 Å². The fourth-order valence-electron chi connectivity index (χ4n) is 1.70. The summed E-state index contributed by atoms with van der Waals surface area (Å²) in [6, 6.07) is 7.88. The topological polar surface area (TPSA) is 20.3 Å². The number of likely N-dealkylation sites (N-methyl/N-ethyl adjacent to an activating group) is 1. The van der Waals surface area contributed by atoms with Crippen molar-refractivity contribution < 1.29 is 4.79 Å². The van der Waals surface area contributed by atoms with Gasteiger partial charge in [0.15, 0.2) is 0 Å². The number of rotatable bonds is 7. The Labute approximate surface area is 122 Å². The van der Waals surface area contributed by atoms with Gasteiger partial charge in [0.05, 0.1) is 6.42 Å². The van der Waals surface area contributed by atoms with Crippen LogP contribution in [-0.4, -0.2) is 30.3 Å². The fourth-order valence-corrected chi connectivity index (χ4v) is 2.34. The molecule has 4 heteroatoms. The van der Waals surface area contributed by atoms with E-state index in [4.69, 9.17) is 11.6 Å². The van der Waals surface area contributed by atoms with Gasteiger partial charge in [-0.2, -0.15) is 0 Å². The number of carbonyl (C=O) groups is 1. The van der Waals surface area contributed by atoms with Crippen LogP contribution in [0.4, 0.5) is 0 Å². The second kappa shape index (κ2) is 8.54. The van der Waals surface area contributed by atoms with E-state index in [0.717, 1.165) is 35.8 Å². The number of benzene rings is 1. The highest BCUT2D eigenvalue weighted by atomic mass is 79.9. The fraction of sp³-hybridized carbons (Fsp3) is 0.500. The number of halogens is 2. The third-order valence-corrected chi connectivity index (χ3v) is 3.56. The van der Waals surface area contributed by atoms with E-state index < -0.39 is 0 Å². The van der Waals surface area contributed by atoms with Crippen LogP contribution in [0.2, 0.25) is 0 Å². The molecule has 0 radical (unpaired) electrons. The molecule has 18 heavy (non-hydrogen) atoms. The lowest BCUT2D eigenvalue weighted by molar-refractivity contribution is -0.129. The molecule has 0 aromatic heterocycles. The third kappa shape index (κ3) is 5.87. The van der Waals surface area contributed by atoms with Crippen molar-refractivity contribution in [3.63, 3.8) is 0 Å². The largest absolute Gasteiger partial charge is 0.345 e. The molecule has 1 rings (SSSR count). The highest BCUT2D eigenvalue weighted by molar-refractivity contribution is 9.10. The average molecular weight is 333 g/mol. The Kier molecular flexibility index (Phi) is 7.36. The highest BCUT2D eigenvalue weighted by Crippen LogP contribution is 2.12. The lowest BCUT2D eigenvalue weighted by Gasteiger charge is -2.17. The van der Waals surface area contributed by atoms with Crippen LogP contribution in [0, 0.1) is 0 Å². The molecule has 100 valence electrons. The van der Waals surface area contributed by atoms with Gasteiger partial charge in [-0.05, 0) is 30.5 Å². The second-order valence-electron chi connectivity index (χ2n) is 4.37. The zero-order valence-corrected chi connectivity index (χ0v) is 13.0. The number of nitrogens with zero attached hydrogens (tertiary/aromatic N) is 1. The van der Waals surface area contributed by atoms with E-state index in [2.05, 4.69) is 15.9 Å². The van der Waals surface area contributed by atoms with Gasteiger partial charge in [0.2, 0.25) is 5.91 Å². The van der Waals surface area contributed by atoms with Crippen LogP contribution in [0.3, 0.4) is 0 Å². The molecular formula is C14H19BrClNO. The van der Waals surface area contributed by atoms with E-state index in [1.165, 1.54) is 0 Å². The first-order valence-corrected chi connectivity index (χ1v) is 7.50. The Hall–Kier alpha value is -0.540. The Morgan fingerprint density at radius 3 is 2.78 bits per heavy atom. The summed E-state index contributed by atoms with van der Waals surface area (Å²) in [5, 5.41) is 0. The summed E-state index contributed by atoms with van der Waals surface area (Å²) >= 11 is 9.03. The summed E-state index contributed by atoms with van der Waals surface area (Å²) in [7, 11) is 1.86. The molecule has 0 aliphatic rings. The van der Waals surface area contributed by atoms with E-state index in [1.807, 2.05) is 31.3 Å². The third-order valence-electron chi connectivity index (χ3n) is 2.80. The molecular weight excluding hydrogens is 314 g/mol. The SMILES string of the molecule is CN(CCCCCCl)C(=O)Cc1cccc(Br)c1. The van der Waals surface area contributed by atoms with Crippen molar-refractivity contribution in [2.75, 3.05) is 19.5 Å². The molecule has 0 bridgehead atoms. The molecule has 0 fully saturated rings. The molecule has 0 saturated heterocycles. The minimum absolute atomic E-state index is 0.166. The number of carbonyl (C=O) groups excluding carboxylic acids is 1. The molecule has 0 unspecified atom stereocenters. The van der Waals surface area contributed by atoms with Gasteiger partial charge in [0, 0.05) is 23.9 Å². The van der Waals surface area contributed by atoms with Crippen molar-refractivity contribution in [2.24, 2.45) is 0 Å². The molecule has 2 nitrogen and oxygen atoms in total. The number of alkyl halides is 1. The molecule has 1 aromatic rings. The number of hydrogen-bond acceptors (Lipinski definition) is 1. The molecule has 0 aliphatic heterocycles. The molecule has 0 heterocycles. The van der Waals surface area contributed by atoms with Gasteiger partial charge in [-0.1, -0.05) is 34.5 Å². The number of hydrogen-bond donors (Lipinski definition) is 0. The second-order valence-corrected chi connectivity index (χ2v) is 5.67. The van der Waals surface area contributed by atoms with Crippen LogP contribution in [0.15, 0.2) is 28.7 Å². The molecule has 0 spiro atoms. The first-order valence-electron chi connectivity index (χ1n) is 6.18. The van der Waals surface area contributed by atoms with Gasteiger partial charge in [-0.25, -0.2) is 0 Å². The van der Waals surface area contributed by atoms with Gasteiger partial charge in [-0.15, -0.1) is 11.6 Å². The summed E-state index contributed by atoms with van der Waals surface area (Å²) in [6.45, 7) is 0.809. The quantitative estimate of drug-likeness (QED) is 0.548. The zero-order valence-electron chi connectivity index (χ0n) is 10.7. The Bertz CT molecular complexity index is 384. The van der Waals surface area contributed by atoms with Crippen molar-refractivity contribution in [1.29, 1.82) is 0 Å². The first-order chi connectivity index (χ1) is 8.63. The van der Waals surface area contributed by atoms with Crippen LogP contribution in [0.5, 0.6) is 0 Å². The van der Waals surface area contributed by atoms with Crippen LogP contribution >= 0.6 is 27.5 Å². The summed E-state index contributed by atoms with van der Waals surface area (Å²) in [4.78, 5) is 13.8. The molecule has 1 amide bonds. The smallest absolute Gasteiger partial charge is 0.226 e. The van der Waals surface area contributed by atoms with Crippen molar-refractivity contribution in [2.45, 2.75) is 25.7 Å². The molecule has 0 N–H and O–H groups in total. The maximum absolute atomic E-state index is 12.0. The molecule has 1 aromatic carbocycles. The molecule has 0 aliphatic carbocycles. The highest BCUT2D eigenvalue weighted by Gasteiger charge is 2.09. The average Bonchev–Trinajstić information content (AvgIpc) is 2.34. The van der Waals surface area contributed by atoms with E-state index in [9.17, 15) is 4.79 Å². The monoisotopic (exact) mass is 331 g/mol. The number of unbranched alkanes of at least 4 members (excludes halogenated alkanes) is 2. The lowest BCUT2D eigenvalue weighted by Crippen LogP contribution is -2.29. The van der Waals surface area contributed by atoms with Gasteiger partial charge in [0.25, 0.3) is 0 Å². The zero-order chi connectivity index (χ0) is 13.4. The summed E-state index contributed by atoms with van der Waals surface area (Å²) < 4.78 is 1.01. The normalized spacial score (nSPS) is 10.4. The van der Waals surface area contributed by atoms with E-state index >= 15 is 0 Å². The summed E-state index contributed by atoms with van der Waals surface area (Å²) in [5.41, 5.74) is 1.04. The van der Waals surface area contributed by atoms with Crippen LogP contribution < -0.4 is 0 Å². The predicted molar refractivity (Wildman–Crippen MR) is 80.1 cm³/mol. The maximum Gasteiger partial charge on any atom is 0.226 e. The maximum atomic E-state index is 12.0. The molecule has 0 saturated carbocycles. The van der Waals surface area contributed by atoms with Gasteiger partial charge >= 0.3 is 0 Å². The van der Waals surface area contributed by atoms with Crippen LogP contribution in [-0.2, 0) is 11.2 Å². The Morgan fingerprint density at radius 1 is 1.33 bits per heavy atom. The van der Waals surface area contributed by atoms with Crippen molar-refractivity contribution in [3.05, 3.63) is 34.3 Å². The van der Waals surface area contributed by atoms with Crippen LogP contribution in [0.1, 0.15) is 24.8 Å². The van der Waals surface area contributed by atoms with E-state index in [1.54, 1.807) is 4.90 Å². The Morgan fingerprint density at radius 2 is 2.11 bits per heavy atom. The lowest BCUT2D eigenvalue weighted by atomic mass is 10.1. The minimum Gasteiger partial charge on any atom is -0.345 e. The van der Waals surface area contributed by atoms with Crippen molar-refractivity contribution in [3.8, 4) is 0 Å². The van der Waals surface area contributed by atoms with Crippen molar-refractivity contribution >= 4 is 33.4 Å². The molecule has 0 atom stereocenters. The number of amides is 1. The van der Waals surface area contributed by atoms with E-state index in [-0.39, 0.29) is 5.91 Å². The van der Waals surface area contributed by atoms with E-state index in [0.29, 0.717) is 12.3 Å². The van der Waals surface area contributed by atoms with Gasteiger partial charge in [0.1, 0.15) is 0 Å². The van der Waals surface area contributed by atoms with Crippen LogP contribution in [0.25, 0.3) is 0 Å².